The van der Waals surface area contributed by atoms with Crippen LogP contribution in [0.25, 0.3) is 11.3 Å². The molecule has 2 bridgehead atoms. The third-order valence-electron chi connectivity index (χ3n) is 7.52. The third kappa shape index (κ3) is 2.51. The predicted octanol–water partition coefficient (Wildman–Crippen LogP) is 5.22. The fourth-order valence-corrected chi connectivity index (χ4v) is 6.97. The Hall–Kier alpha value is -3.77. The largest absolute Gasteiger partial charge is 0.497 e. The highest BCUT2D eigenvalue weighted by molar-refractivity contribution is 7.14. The lowest BCUT2D eigenvalue weighted by Gasteiger charge is -2.45. The summed E-state index contributed by atoms with van der Waals surface area (Å²) in [7, 11) is 1.63. The average Bonchev–Trinajstić information content (AvgIpc) is 3.47. The zero-order valence-corrected chi connectivity index (χ0v) is 19.2. The maximum Gasteiger partial charge on any atom is 0.240 e. The second-order valence-corrected chi connectivity index (χ2v) is 9.86. The maximum absolute atomic E-state index is 13.8. The monoisotopic (exact) mass is 464 g/mol. The molecule has 1 fully saturated rings. The molecule has 1 aliphatic heterocycles. The van der Waals surface area contributed by atoms with Gasteiger partial charge in [0.15, 0.2) is 5.13 Å². The van der Waals surface area contributed by atoms with E-state index in [0.29, 0.717) is 5.13 Å². The molecule has 2 atom stereocenters. The second kappa shape index (κ2) is 7.11. The van der Waals surface area contributed by atoms with Gasteiger partial charge in [-0.3, -0.25) is 9.59 Å². The van der Waals surface area contributed by atoms with Crippen molar-refractivity contribution in [3.8, 4) is 17.0 Å². The first-order valence-electron chi connectivity index (χ1n) is 11.3. The van der Waals surface area contributed by atoms with Gasteiger partial charge in [-0.05, 0) is 46.5 Å². The second-order valence-electron chi connectivity index (χ2n) is 9.02. The Balaban J connectivity index is 1.31. The van der Waals surface area contributed by atoms with Crippen LogP contribution < -0.4 is 9.64 Å². The van der Waals surface area contributed by atoms with Crippen molar-refractivity contribution in [3.63, 3.8) is 0 Å². The Bertz CT molecular complexity index is 1360. The van der Waals surface area contributed by atoms with Gasteiger partial charge in [0.25, 0.3) is 0 Å². The number of hydrogen-bond acceptors (Lipinski definition) is 5. The number of carbonyl (C=O) groups is 2. The molecule has 0 radical (unpaired) electrons. The van der Waals surface area contributed by atoms with Gasteiger partial charge in [0, 0.05) is 22.8 Å². The first-order valence-corrected chi connectivity index (χ1v) is 12.2. The third-order valence-corrected chi connectivity index (χ3v) is 8.34. The number of hydrogen-bond donors (Lipinski definition) is 0. The predicted molar refractivity (Wildman–Crippen MR) is 130 cm³/mol. The average molecular weight is 465 g/mol. The number of aromatic nitrogens is 1. The minimum Gasteiger partial charge on any atom is -0.497 e. The Morgan fingerprint density at radius 1 is 0.765 bits per heavy atom. The molecule has 166 valence electrons. The Labute approximate surface area is 200 Å². The topological polar surface area (TPSA) is 59.5 Å². The van der Waals surface area contributed by atoms with Gasteiger partial charge in [-0.15, -0.1) is 11.3 Å². The molecule has 8 rings (SSSR count). The first kappa shape index (κ1) is 19.7. The summed E-state index contributed by atoms with van der Waals surface area (Å²) in [5.41, 5.74) is 6.36. The zero-order chi connectivity index (χ0) is 23.0. The summed E-state index contributed by atoms with van der Waals surface area (Å²) in [4.78, 5) is 33.7. The number of benzene rings is 3. The van der Waals surface area contributed by atoms with E-state index in [0.717, 1.165) is 17.0 Å². The Kier molecular flexibility index (Phi) is 4.12. The van der Waals surface area contributed by atoms with E-state index in [-0.39, 0.29) is 23.7 Å². The van der Waals surface area contributed by atoms with Gasteiger partial charge in [0.2, 0.25) is 11.8 Å². The summed E-state index contributed by atoms with van der Waals surface area (Å²) in [6.45, 7) is 0. The molecule has 34 heavy (non-hydrogen) atoms. The van der Waals surface area contributed by atoms with Crippen LogP contribution in [0, 0.1) is 11.8 Å². The van der Waals surface area contributed by atoms with Crippen LogP contribution in [0.5, 0.6) is 5.75 Å². The van der Waals surface area contributed by atoms with E-state index in [1.807, 2.05) is 53.9 Å². The van der Waals surface area contributed by atoms with E-state index in [4.69, 9.17) is 9.72 Å². The highest BCUT2D eigenvalue weighted by Crippen LogP contribution is 2.61. The highest BCUT2D eigenvalue weighted by Gasteiger charge is 2.62. The SMILES string of the molecule is COc1ccc(-c2csc(N3C(=O)[C@@H]4C5c6ccccc6C(c6ccccc65)[C@H]4C3=O)n2)cc1. The van der Waals surface area contributed by atoms with E-state index < -0.39 is 11.8 Å². The number of anilines is 1. The van der Waals surface area contributed by atoms with Gasteiger partial charge >= 0.3 is 0 Å². The Morgan fingerprint density at radius 2 is 1.26 bits per heavy atom. The summed E-state index contributed by atoms with van der Waals surface area (Å²) in [6.07, 6.45) is 0. The van der Waals surface area contributed by atoms with Crippen LogP contribution in [-0.2, 0) is 9.59 Å². The molecular weight excluding hydrogens is 444 g/mol. The molecule has 1 aromatic heterocycles. The molecule has 0 spiro atoms. The normalized spacial score (nSPS) is 24.1. The number of nitrogens with zero attached hydrogens (tertiary/aromatic N) is 2. The van der Waals surface area contributed by atoms with Crippen LogP contribution in [0.15, 0.2) is 78.2 Å². The van der Waals surface area contributed by atoms with Crippen molar-refractivity contribution in [2.24, 2.45) is 11.8 Å². The van der Waals surface area contributed by atoms with Gasteiger partial charge in [0.05, 0.1) is 24.6 Å². The van der Waals surface area contributed by atoms with Crippen molar-refractivity contribution in [2.45, 2.75) is 11.8 Å². The number of thiazole rings is 1. The van der Waals surface area contributed by atoms with Gasteiger partial charge in [0.1, 0.15) is 5.75 Å². The lowest BCUT2D eigenvalue weighted by Crippen LogP contribution is -2.41. The molecule has 0 N–H and O–H groups in total. The van der Waals surface area contributed by atoms with Crippen molar-refractivity contribution in [2.75, 3.05) is 12.0 Å². The molecule has 3 aromatic carbocycles. The quantitative estimate of drug-likeness (QED) is 0.390. The number of imide groups is 1. The number of rotatable bonds is 3. The summed E-state index contributed by atoms with van der Waals surface area (Å²) in [5.74, 6) is -0.502. The fraction of sp³-hybridized carbons (Fsp3) is 0.179. The van der Waals surface area contributed by atoms with Gasteiger partial charge < -0.3 is 4.74 Å². The van der Waals surface area contributed by atoms with E-state index in [1.54, 1.807) is 7.11 Å². The highest BCUT2D eigenvalue weighted by atomic mass is 32.1. The van der Waals surface area contributed by atoms with Crippen molar-refractivity contribution in [3.05, 3.63) is 100 Å². The lowest BCUT2D eigenvalue weighted by molar-refractivity contribution is -0.122. The van der Waals surface area contributed by atoms with Gasteiger partial charge in [-0.25, -0.2) is 9.88 Å². The number of carbonyl (C=O) groups excluding carboxylic acids is 2. The molecule has 3 aliphatic carbocycles. The van der Waals surface area contributed by atoms with Crippen LogP contribution in [0.3, 0.4) is 0 Å². The van der Waals surface area contributed by atoms with Crippen molar-refractivity contribution >= 4 is 28.3 Å². The first-order chi connectivity index (χ1) is 16.7. The molecule has 6 heteroatoms. The summed E-state index contributed by atoms with van der Waals surface area (Å²) in [6, 6.07) is 24.2. The van der Waals surface area contributed by atoms with Gasteiger partial charge in [-0.1, -0.05) is 48.5 Å². The minimum absolute atomic E-state index is 0.107. The molecular formula is C28H20N2O3S. The standard InChI is InChI=1S/C28H20N2O3S/c1-33-16-12-10-15(11-13-16)21-14-34-28(29-21)30-26(31)24-22-17-6-2-3-7-18(17)23(25(24)27(30)32)20-9-5-4-8-19(20)22/h2-14,22-25H,1H3/t22?,23?,24-,25-/m1/s1. The summed E-state index contributed by atoms with van der Waals surface area (Å²) in [5, 5.41) is 2.35. The zero-order valence-electron chi connectivity index (χ0n) is 18.3. The minimum atomic E-state index is -0.393. The van der Waals surface area contributed by atoms with Crippen LogP contribution in [-0.4, -0.2) is 23.9 Å². The molecule has 1 saturated heterocycles. The summed E-state index contributed by atoms with van der Waals surface area (Å²) >= 11 is 1.34. The van der Waals surface area contributed by atoms with Crippen LogP contribution in [0.1, 0.15) is 34.1 Å². The van der Waals surface area contributed by atoms with Crippen molar-refractivity contribution in [1.29, 1.82) is 0 Å². The van der Waals surface area contributed by atoms with Crippen LogP contribution >= 0.6 is 11.3 Å². The van der Waals surface area contributed by atoms with E-state index >= 15 is 0 Å². The van der Waals surface area contributed by atoms with E-state index in [2.05, 4.69) is 24.3 Å². The number of methoxy groups -OCH3 is 1. The van der Waals surface area contributed by atoms with Gasteiger partial charge in [-0.2, -0.15) is 0 Å². The number of ether oxygens (including phenoxy) is 1. The van der Waals surface area contributed by atoms with E-state index in [1.165, 1.54) is 38.5 Å². The van der Waals surface area contributed by atoms with Crippen molar-refractivity contribution < 1.29 is 14.3 Å². The number of amides is 2. The molecule has 0 unspecified atom stereocenters. The Morgan fingerprint density at radius 3 is 1.74 bits per heavy atom. The summed E-state index contributed by atoms with van der Waals surface area (Å²) < 4.78 is 5.24. The molecule has 4 aromatic rings. The van der Waals surface area contributed by atoms with Crippen molar-refractivity contribution in [1.82, 2.24) is 4.98 Å². The molecule has 5 nitrogen and oxygen atoms in total. The van der Waals surface area contributed by atoms with E-state index in [9.17, 15) is 9.59 Å². The molecule has 0 saturated carbocycles. The molecule has 2 heterocycles. The molecule has 4 aliphatic rings. The van der Waals surface area contributed by atoms with Crippen LogP contribution in [0.2, 0.25) is 0 Å². The maximum atomic E-state index is 13.8. The molecule has 2 amide bonds. The van der Waals surface area contributed by atoms with Crippen LogP contribution in [0.4, 0.5) is 5.13 Å². The fourth-order valence-electron chi connectivity index (χ4n) is 6.13. The lowest BCUT2D eigenvalue weighted by atomic mass is 9.55. The smallest absolute Gasteiger partial charge is 0.240 e.